The third kappa shape index (κ3) is 6.94. The van der Waals surface area contributed by atoms with Gasteiger partial charge in [0, 0.05) is 38.5 Å². The number of hydrogen-bond donors (Lipinski definition) is 1. The van der Waals surface area contributed by atoms with E-state index in [0.717, 1.165) is 44.5 Å². The molecule has 0 unspecified atom stereocenters. The minimum atomic E-state index is -0.0681. The quantitative estimate of drug-likeness (QED) is 0.638. The Hall–Kier alpha value is -2.25. The average molecular weight is 402 g/mol. The van der Waals surface area contributed by atoms with Crippen molar-refractivity contribution < 1.29 is 19.1 Å². The van der Waals surface area contributed by atoms with Crippen LogP contribution in [-0.4, -0.2) is 66.3 Å². The first-order valence-electron chi connectivity index (χ1n) is 10.6. The molecule has 29 heavy (non-hydrogen) atoms. The van der Waals surface area contributed by atoms with E-state index in [-0.39, 0.29) is 30.4 Å². The lowest BCUT2D eigenvalue weighted by Crippen LogP contribution is -2.46. The Balaban J connectivity index is 1.26. The summed E-state index contributed by atoms with van der Waals surface area (Å²) < 4.78 is 5.49. The number of piperidine rings is 2. The molecular formula is C22H31N3O4. The van der Waals surface area contributed by atoms with Gasteiger partial charge in [0.05, 0.1) is 6.61 Å². The third-order valence-corrected chi connectivity index (χ3v) is 5.54. The molecule has 0 aliphatic carbocycles. The highest BCUT2D eigenvalue weighted by Crippen LogP contribution is 2.14. The lowest BCUT2D eigenvalue weighted by Gasteiger charge is -2.33. The molecule has 0 bridgehead atoms. The first-order chi connectivity index (χ1) is 14.1. The normalized spacial score (nSPS) is 18.8. The maximum atomic E-state index is 12.1. The Labute approximate surface area is 172 Å². The number of nitrogens with one attached hydrogen (secondary N) is 1. The second-order valence-electron chi connectivity index (χ2n) is 7.81. The molecule has 7 heteroatoms. The van der Waals surface area contributed by atoms with Crippen LogP contribution in [0.5, 0.6) is 0 Å². The largest absolute Gasteiger partial charge is 0.367 e. The van der Waals surface area contributed by atoms with Gasteiger partial charge in [0.25, 0.3) is 0 Å². The Bertz CT molecular complexity index is 671. The average Bonchev–Trinajstić information content (AvgIpc) is 2.72. The number of ether oxygens (including phenoxy) is 1. The van der Waals surface area contributed by atoms with Crippen molar-refractivity contribution in [3.8, 4) is 0 Å². The van der Waals surface area contributed by atoms with Crippen LogP contribution in [0, 0.1) is 0 Å². The van der Waals surface area contributed by atoms with Crippen LogP contribution >= 0.6 is 0 Å². The number of rotatable bonds is 9. The van der Waals surface area contributed by atoms with Crippen LogP contribution in [0.2, 0.25) is 0 Å². The molecule has 2 aliphatic heterocycles. The number of carbonyl (C=O) groups excluding carboxylic acids is 3. The highest BCUT2D eigenvalue weighted by atomic mass is 16.5. The monoisotopic (exact) mass is 401 g/mol. The van der Waals surface area contributed by atoms with Crippen LogP contribution in [0.15, 0.2) is 30.3 Å². The molecule has 1 aromatic carbocycles. The van der Waals surface area contributed by atoms with Crippen LogP contribution in [0.1, 0.15) is 44.1 Å². The first-order valence-corrected chi connectivity index (χ1v) is 10.6. The van der Waals surface area contributed by atoms with Gasteiger partial charge in [-0.2, -0.15) is 0 Å². The highest BCUT2D eigenvalue weighted by Gasteiger charge is 2.26. The lowest BCUT2D eigenvalue weighted by atomic mass is 10.0. The van der Waals surface area contributed by atoms with Crippen LogP contribution in [0.3, 0.4) is 0 Å². The molecule has 2 heterocycles. The van der Waals surface area contributed by atoms with Crippen molar-refractivity contribution in [1.29, 1.82) is 0 Å². The first kappa shape index (κ1) is 21.5. The number of imide groups is 1. The molecule has 1 aromatic rings. The van der Waals surface area contributed by atoms with Crippen molar-refractivity contribution in [2.24, 2.45) is 0 Å². The third-order valence-electron chi connectivity index (χ3n) is 5.54. The fourth-order valence-electron chi connectivity index (χ4n) is 3.91. The van der Waals surface area contributed by atoms with Gasteiger partial charge in [-0.05, 0) is 37.8 Å². The summed E-state index contributed by atoms with van der Waals surface area (Å²) in [4.78, 5) is 39.5. The smallest absolute Gasteiger partial charge is 0.246 e. The summed E-state index contributed by atoms with van der Waals surface area (Å²) in [5.74, 6) is -0.129. The van der Waals surface area contributed by atoms with Gasteiger partial charge in [-0.25, -0.2) is 0 Å². The molecule has 3 amide bonds. The molecule has 0 aromatic heterocycles. The Kier molecular flexibility index (Phi) is 8.19. The van der Waals surface area contributed by atoms with E-state index in [4.69, 9.17) is 4.74 Å². The number of amides is 3. The zero-order chi connectivity index (χ0) is 20.5. The van der Waals surface area contributed by atoms with Crippen molar-refractivity contribution >= 4 is 17.7 Å². The number of hydrogen-bond acceptors (Lipinski definition) is 5. The van der Waals surface area contributed by atoms with E-state index < -0.39 is 0 Å². The Morgan fingerprint density at radius 1 is 1.03 bits per heavy atom. The van der Waals surface area contributed by atoms with Crippen molar-refractivity contribution in [2.45, 2.75) is 51.2 Å². The lowest BCUT2D eigenvalue weighted by molar-refractivity contribution is -0.148. The van der Waals surface area contributed by atoms with E-state index in [0.29, 0.717) is 32.4 Å². The summed E-state index contributed by atoms with van der Waals surface area (Å²) in [5, 5.41) is 3.06. The summed E-state index contributed by atoms with van der Waals surface area (Å²) in [6.45, 7) is 3.74. The molecule has 2 fully saturated rings. The maximum absolute atomic E-state index is 12.1. The highest BCUT2D eigenvalue weighted by molar-refractivity contribution is 5.97. The predicted molar refractivity (Wildman–Crippen MR) is 109 cm³/mol. The predicted octanol–water partition coefficient (Wildman–Crippen LogP) is 1.71. The summed E-state index contributed by atoms with van der Waals surface area (Å²) in [5.41, 5.74) is 1.06. The van der Waals surface area contributed by atoms with Gasteiger partial charge in [0.2, 0.25) is 17.7 Å². The van der Waals surface area contributed by atoms with E-state index >= 15 is 0 Å². The van der Waals surface area contributed by atoms with Crippen molar-refractivity contribution in [2.75, 3.05) is 32.8 Å². The number of benzene rings is 1. The van der Waals surface area contributed by atoms with E-state index in [2.05, 4.69) is 10.2 Å². The summed E-state index contributed by atoms with van der Waals surface area (Å²) in [6.07, 6.45) is 4.29. The Morgan fingerprint density at radius 3 is 2.41 bits per heavy atom. The van der Waals surface area contributed by atoms with E-state index in [1.165, 1.54) is 4.90 Å². The molecule has 158 valence electrons. The topological polar surface area (TPSA) is 79.0 Å². The molecule has 0 spiro atoms. The fraction of sp³-hybridized carbons (Fsp3) is 0.591. The molecule has 0 atom stereocenters. The zero-order valence-electron chi connectivity index (χ0n) is 17.0. The number of likely N-dealkylation sites (tertiary alicyclic amines) is 2. The minimum Gasteiger partial charge on any atom is -0.367 e. The van der Waals surface area contributed by atoms with Crippen LogP contribution < -0.4 is 5.32 Å². The molecule has 2 saturated heterocycles. The van der Waals surface area contributed by atoms with E-state index in [1.54, 1.807) is 0 Å². The molecule has 0 radical (unpaired) electrons. The fourth-order valence-corrected chi connectivity index (χ4v) is 3.91. The SMILES string of the molecule is O=C(COCc1ccccc1)NC1CCN(CCCN2C(=O)CCCC2=O)CC1. The number of carbonyl (C=O) groups is 3. The molecule has 1 N–H and O–H groups in total. The van der Waals surface area contributed by atoms with Gasteiger partial charge in [0.1, 0.15) is 6.61 Å². The van der Waals surface area contributed by atoms with E-state index in [1.807, 2.05) is 30.3 Å². The number of nitrogens with zero attached hydrogens (tertiary/aromatic N) is 2. The standard InChI is InChI=1S/C22H31N3O4/c26-20(17-29-16-18-6-2-1-3-7-18)23-19-10-14-24(15-11-19)12-5-13-25-21(27)8-4-9-22(25)28/h1-3,6-7,19H,4-5,8-17H2,(H,23,26). The van der Waals surface area contributed by atoms with Crippen molar-refractivity contribution in [3.63, 3.8) is 0 Å². The van der Waals surface area contributed by atoms with Crippen LogP contribution in [0.25, 0.3) is 0 Å². The molecular weight excluding hydrogens is 370 g/mol. The maximum Gasteiger partial charge on any atom is 0.246 e. The Morgan fingerprint density at radius 2 is 1.72 bits per heavy atom. The second kappa shape index (κ2) is 11.1. The van der Waals surface area contributed by atoms with Gasteiger partial charge in [0.15, 0.2) is 0 Å². The van der Waals surface area contributed by atoms with Gasteiger partial charge < -0.3 is 15.0 Å². The van der Waals surface area contributed by atoms with E-state index in [9.17, 15) is 14.4 Å². The molecule has 2 aliphatic rings. The van der Waals surface area contributed by atoms with Crippen molar-refractivity contribution in [3.05, 3.63) is 35.9 Å². The molecule has 0 saturated carbocycles. The second-order valence-corrected chi connectivity index (χ2v) is 7.81. The van der Waals surface area contributed by atoms with Gasteiger partial charge in [-0.3, -0.25) is 19.3 Å². The van der Waals surface area contributed by atoms with Gasteiger partial charge in [-0.1, -0.05) is 30.3 Å². The van der Waals surface area contributed by atoms with Gasteiger partial charge >= 0.3 is 0 Å². The van der Waals surface area contributed by atoms with Crippen LogP contribution in [-0.2, 0) is 25.7 Å². The summed E-state index contributed by atoms with van der Waals surface area (Å²) in [7, 11) is 0. The summed E-state index contributed by atoms with van der Waals surface area (Å²) in [6, 6.07) is 10.00. The van der Waals surface area contributed by atoms with Gasteiger partial charge in [-0.15, -0.1) is 0 Å². The minimum absolute atomic E-state index is 0.0304. The van der Waals surface area contributed by atoms with Crippen LogP contribution in [0.4, 0.5) is 0 Å². The zero-order valence-corrected chi connectivity index (χ0v) is 17.0. The summed E-state index contributed by atoms with van der Waals surface area (Å²) >= 11 is 0. The molecule has 3 rings (SSSR count). The molecule has 7 nitrogen and oxygen atoms in total. The van der Waals surface area contributed by atoms with Crippen molar-refractivity contribution in [1.82, 2.24) is 15.1 Å².